The third-order valence-corrected chi connectivity index (χ3v) is 8.90. The smallest absolute Gasteiger partial charge is 0.407 e. The Bertz CT molecular complexity index is 1720. The first-order chi connectivity index (χ1) is 23.4. The van der Waals surface area contributed by atoms with Gasteiger partial charge in [-0.2, -0.15) is 4.98 Å². The number of benzene rings is 1. The lowest BCUT2D eigenvalue weighted by Crippen LogP contribution is -2.34. The fourth-order valence-electron chi connectivity index (χ4n) is 5.08. The van der Waals surface area contributed by atoms with Crippen LogP contribution < -0.4 is 20.9 Å². The van der Waals surface area contributed by atoms with Crippen LogP contribution in [0.1, 0.15) is 40.0 Å². The molecule has 2 fully saturated rings. The number of anilines is 2. The molecule has 3 aromatic rings. The van der Waals surface area contributed by atoms with E-state index in [1.807, 2.05) is 0 Å². The van der Waals surface area contributed by atoms with Crippen LogP contribution in [0.25, 0.3) is 22.2 Å². The summed E-state index contributed by atoms with van der Waals surface area (Å²) in [5, 5.41) is 6.13. The van der Waals surface area contributed by atoms with Crippen molar-refractivity contribution in [1.82, 2.24) is 24.2 Å². The summed E-state index contributed by atoms with van der Waals surface area (Å²) in [5.74, 6) is -1.26. The average Bonchev–Trinajstić information content (AvgIpc) is 3.77. The lowest BCUT2D eigenvalue weighted by Gasteiger charge is -2.19. The number of halogens is 3. The highest BCUT2D eigenvalue weighted by Gasteiger charge is 2.28. The van der Waals surface area contributed by atoms with E-state index in [2.05, 4.69) is 25.3 Å². The number of amides is 1. The van der Waals surface area contributed by atoms with Gasteiger partial charge in [0.1, 0.15) is 23.2 Å². The minimum Gasteiger partial charge on any atom is -0.444 e. The molecule has 2 atom stereocenters. The second-order valence-electron chi connectivity index (χ2n) is 12.9. The predicted molar refractivity (Wildman–Crippen MR) is 179 cm³/mol. The number of carbonyl (C=O) groups excluding carboxylic acids is 1. The molecule has 3 N–H and O–H groups in total. The van der Waals surface area contributed by atoms with Crippen LogP contribution in [0.3, 0.4) is 0 Å². The van der Waals surface area contributed by atoms with E-state index in [4.69, 9.17) is 14.2 Å². The number of ether oxygens (including phenoxy) is 3. The Labute approximate surface area is 284 Å². The normalized spacial score (nSPS) is 17.3. The maximum Gasteiger partial charge on any atom is 0.407 e. The van der Waals surface area contributed by atoms with Crippen LogP contribution in [0, 0.1) is 17.6 Å². The van der Waals surface area contributed by atoms with Crippen molar-refractivity contribution in [2.75, 3.05) is 62.6 Å². The van der Waals surface area contributed by atoms with Gasteiger partial charge in [0, 0.05) is 37.8 Å². The molecule has 5 rings (SSSR count). The van der Waals surface area contributed by atoms with Crippen molar-refractivity contribution >= 4 is 39.9 Å². The third kappa shape index (κ3) is 10.1. The van der Waals surface area contributed by atoms with Crippen LogP contribution in [0.2, 0.25) is 0 Å². The summed E-state index contributed by atoms with van der Waals surface area (Å²) < 4.78 is 79.0. The van der Waals surface area contributed by atoms with Gasteiger partial charge in [0.15, 0.2) is 17.0 Å². The van der Waals surface area contributed by atoms with Gasteiger partial charge >= 0.3 is 6.09 Å². The SMILES string of the molecule is CC(C)(C)OC(=O)NCCOCCOCCn1c(=O)c(-c2c(F)ccc(NS(=O)N3CC[C@@H](F)C3)c2F)cc2cnc(NCC3CC3)nc21. The number of aromatic nitrogens is 3. The van der Waals surface area contributed by atoms with E-state index < -0.39 is 51.8 Å². The number of nitrogens with one attached hydrogen (secondary N) is 3. The molecule has 17 heteroatoms. The van der Waals surface area contributed by atoms with Crippen LogP contribution in [0.15, 0.2) is 29.2 Å². The second kappa shape index (κ2) is 16.3. The number of pyridine rings is 1. The Morgan fingerprint density at radius 1 is 1.10 bits per heavy atom. The second-order valence-corrected chi connectivity index (χ2v) is 14.1. The molecule has 0 bridgehead atoms. The largest absolute Gasteiger partial charge is 0.444 e. The van der Waals surface area contributed by atoms with E-state index in [1.165, 1.54) is 21.1 Å². The Morgan fingerprint density at radius 3 is 2.55 bits per heavy atom. The number of carbonyl (C=O) groups is 1. The Hall–Kier alpha value is -3.80. The summed E-state index contributed by atoms with van der Waals surface area (Å²) in [6, 6.07) is 3.38. The minimum absolute atomic E-state index is 0.00694. The molecule has 2 aliphatic rings. The van der Waals surface area contributed by atoms with Crippen molar-refractivity contribution in [1.29, 1.82) is 0 Å². The predicted octanol–water partition coefficient (Wildman–Crippen LogP) is 4.15. The summed E-state index contributed by atoms with van der Waals surface area (Å²) in [6.07, 6.45) is 2.21. The molecular formula is C32H42F3N7O6S. The van der Waals surface area contributed by atoms with Gasteiger partial charge in [-0.15, -0.1) is 0 Å². The summed E-state index contributed by atoms with van der Waals surface area (Å²) >= 11 is -1.98. The van der Waals surface area contributed by atoms with Gasteiger partial charge in [0.25, 0.3) is 5.56 Å². The first-order valence-electron chi connectivity index (χ1n) is 16.2. The zero-order chi connectivity index (χ0) is 35.1. The molecule has 1 aliphatic carbocycles. The summed E-state index contributed by atoms with van der Waals surface area (Å²) in [4.78, 5) is 34.5. The lowest BCUT2D eigenvalue weighted by molar-refractivity contribution is 0.0383. The van der Waals surface area contributed by atoms with Crippen molar-refractivity contribution in [3.63, 3.8) is 0 Å². The van der Waals surface area contributed by atoms with Crippen LogP contribution in [-0.4, -0.2) is 93.5 Å². The maximum absolute atomic E-state index is 15.9. The summed E-state index contributed by atoms with van der Waals surface area (Å²) in [7, 11) is 0. The number of rotatable bonds is 16. The number of nitrogens with zero attached hydrogens (tertiary/aromatic N) is 4. The molecule has 268 valence electrons. The maximum atomic E-state index is 15.9. The van der Waals surface area contributed by atoms with Crippen LogP contribution in [-0.2, 0) is 31.9 Å². The minimum atomic E-state index is -1.98. The Kier molecular flexibility index (Phi) is 12.1. The highest BCUT2D eigenvalue weighted by Crippen LogP contribution is 2.32. The zero-order valence-corrected chi connectivity index (χ0v) is 28.5. The van der Waals surface area contributed by atoms with Crippen molar-refractivity contribution in [3.8, 4) is 11.1 Å². The topological polar surface area (TPSA) is 149 Å². The highest BCUT2D eigenvalue weighted by atomic mass is 32.2. The molecule has 1 aliphatic heterocycles. The number of fused-ring (bicyclic) bond motifs is 1. The van der Waals surface area contributed by atoms with Crippen molar-refractivity contribution in [3.05, 3.63) is 46.4 Å². The number of hydrogen-bond acceptors (Lipinski definition) is 9. The van der Waals surface area contributed by atoms with Crippen molar-refractivity contribution < 1.29 is 36.4 Å². The van der Waals surface area contributed by atoms with Gasteiger partial charge in [-0.3, -0.25) is 14.1 Å². The average molecular weight is 710 g/mol. The number of hydrogen-bond donors (Lipinski definition) is 3. The molecule has 1 amide bonds. The summed E-state index contributed by atoms with van der Waals surface area (Å²) in [5.41, 5.74) is -2.27. The Morgan fingerprint density at radius 2 is 1.86 bits per heavy atom. The van der Waals surface area contributed by atoms with Crippen LogP contribution in [0.5, 0.6) is 0 Å². The molecule has 13 nitrogen and oxygen atoms in total. The van der Waals surface area contributed by atoms with E-state index in [-0.39, 0.29) is 75.9 Å². The van der Waals surface area contributed by atoms with Gasteiger partial charge < -0.3 is 24.8 Å². The molecule has 1 aromatic carbocycles. The molecule has 1 saturated carbocycles. The fourth-order valence-corrected chi connectivity index (χ4v) is 6.12. The molecule has 49 heavy (non-hydrogen) atoms. The first kappa shape index (κ1) is 36.5. The standard InChI is InChI=1S/C32H42F3N7O6S/c1-32(2,3)48-31(44)36-9-12-46-14-15-47-13-11-42-28-21(18-38-30(39-28)37-17-20-4-5-20)16-23(29(42)43)26-24(34)6-7-25(27(26)35)40-49(45)41-10-8-22(33)19-41/h6-7,16,18,20,22,40H,4-5,8-15,17,19H2,1-3H3,(H,36,44)(H,37,38,39)/t22-,49?/m1/s1. The van der Waals surface area contributed by atoms with Gasteiger partial charge in [-0.1, -0.05) is 0 Å². The summed E-state index contributed by atoms with van der Waals surface area (Å²) in [6.45, 7) is 7.02. The third-order valence-electron chi connectivity index (χ3n) is 7.70. The molecule has 2 aromatic heterocycles. The van der Waals surface area contributed by atoms with Gasteiger partial charge in [0.2, 0.25) is 5.95 Å². The molecule has 3 heterocycles. The lowest BCUT2D eigenvalue weighted by atomic mass is 10.0. The molecule has 0 radical (unpaired) electrons. The molecular weight excluding hydrogens is 667 g/mol. The van der Waals surface area contributed by atoms with Crippen molar-refractivity contribution in [2.45, 2.75) is 58.4 Å². The number of alkyl halides is 1. The van der Waals surface area contributed by atoms with Crippen molar-refractivity contribution in [2.24, 2.45) is 5.92 Å². The van der Waals surface area contributed by atoms with E-state index in [9.17, 15) is 18.2 Å². The van der Waals surface area contributed by atoms with Gasteiger partial charge in [-0.05, 0) is 64.2 Å². The van der Waals surface area contributed by atoms with Crippen LogP contribution in [0.4, 0.5) is 29.6 Å². The quantitative estimate of drug-likeness (QED) is 0.187. The molecule has 1 unspecified atom stereocenters. The van der Waals surface area contributed by atoms with Crippen LogP contribution >= 0.6 is 0 Å². The van der Waals surface area contributed by atoms with Gasteiger partial charge in [0.05, 0.1) is 49.8 Å². The van der Waals surface area contributed by atoms with Gasteiger partial charge in [-0.25, -0.2) is 31.5 Å². The Balaban J connectivity index is 1.30. The number of alkyl carbamates (subject to hydrolysis) is 1. The molecule has 1 saturated heterocycles. The van der Waals surface area contributed by atoms with E-state index in [1.54, 1.807) is 20.8 Å². The highest BCUT2D eigenvalue weighted by molar-refractivity contribution is 7.84. The van der Waals surface area contributed by atoms with E-state index in [0.717, 1.165) is 25.0 Å². The van der Waals surface area contributed by atoms with E-state index >= 15 is 8.78 Å². The first-order valence-corrected chi connectivity index (χ1v) is 17.3. The molecule has 0 spiro atoms. The monoisotopic (exact) mass is 709 g/mol. The van der Waals surface area contributed by atoms with E-state index in [0.29, 0.717) is 23.8 Å². The zero-order valence-electron chi connectivity index (χ0n) is 27.7. The fraction of sp³-hybridized carbons (Fsp3) is 0.562.